The Morgan fingerprint density at radius 2 is 1.69 bits per heavy atom. The topological polar surface area (TPSA) is 40.5 Å². The summed E-state index contributed by atoms with van der Waals surface area (Å²) in [6.45, 7) is 5.98. The van der Waals surface area contributed by atoms with Gasteiger partial charge in [0.05, 0.1) is 0 Å². The molecule has 0 aromatic carbocycles. The van der Waals surface area contributed by atoms with Crippen LogP contribution in [0.4, 0.5) is 0 Å². The second-order valence-corrected chi connectivity index (χ2v) is 5.84. The van der Waals surface area contributed by atoms with Crippen LogP contribution in [-0.4, -0.2) is 34.6 Å². The van der Waals surface area contributed by atoms with Crippen LogP contribution in [0.2, 0.25) is 0 Å². The van der Waals surface area contributed by atoms with Crippen molar-refractivity contribution in [3.05, 3.63) is 0 Å². The highest BCUT2D eigenvalue weighted by Crippen LogP contribution is 2.56. The van der Waals surface area contributed by atoms with Crippen LogP contribution >= 0.6 is 0 Å². The Morgan fingerprint density at radius 3 is 2.06 bits per heavy atom. The van der Waals surface area contributed by atoms with Crippen LogP contribution in [-0.2, 0) is 4.79 Å². The molecule has 1 saturated carbocycles. The van der Waals surface area contributed by atoms with Crippen molar-refractivity contribution < 1.29 is 9.90 Å². The smallest absolute Gasteiger partial charge is 0.324 e. The zero-order valence-corrected chi connectivity index (χ0v) is 10.5. The number of hydrogen-bond donors (Lipinski definition) is 1. The predicted octanol–water partition coefficient (Wildman–Crippen LogP) is 2.51. The Balaban J connectivity index is 2.21. The Kier molecular flexibility index (Phi) is 2.99. The van der Waals surface area contributed by atoms with Gasteiger partial charge in [0.15, 0.2) is 0 Å². The highest BCUT2D eigenvalue weighted by molar-refractivity contribution is 5.80. The summed E-state index contributed by atoms with van der Waals surface area (Å²) in [4.78, 5) is 13.9. The lowest BCUT2D eigenvalue weighted by Crippen LogP contribution is -2.58. The van der Waals surface area contributed by atoms with Crippen molar-refractivity contribution in [1.82, 2.24) is 4.90 Å². The maximum Gasteiger partial charge on any atom is 0.324 e. The van der Waals surface area contributed by atoms with Crippen molar-refractivity contribution in [2.45, 2.75) is 57.9 Å². The van der Waals surface area contributed by atoms with Gasteiger partial charge < -0.3 is 5.11 Å². The van der Waals surface area contributed by atoms with E-state index in [1.54, 1.807) is 0 Å². The molecule has 1 heterocycles. The van der Waals surface area contributed by atoms with Gasteiger partial charge in [-0.25, -0.2) is 0 Å². The van der Waals surface area contributed by atoms with Gasteiger partial charge in [-0.1, -0.05) is 19.8 Å². The number of carboxylic acid groups (broad SMARTS) is 1. The molecule has 1 N–H and O–H groups in total. The minimum Gasteiger partial charge on any atom is -0.480 e. The second-order valence-electron chi connectivity index (χ2n) is 5.84. The van der Waals surface area contributed by atoms with Crippen molar-refractivity contribution in [1.29, 1.82) is 0 Å². The number of carbonyl (C=O) groups is 1. The summed E-state index contributed by atoms with van der Waals surface area (Å²) in [5.41, 5.74) is -0.638. The molecule has 1 aliphatic carbocycles. The van der Waals surface area contributed by atoms with E-state index >= 15 is 0 Å². The fraction of sp³-hybridized carbons (Fsp3) is 0.923. The summed E-state index contributed by atoms with van der Waals surface area (Å²) >= 11 is 0. The zero-order valence-electron chi connectivity index (χ0n) is 10.5. The minimum atomic E-state index is -0.642. The average molecular weight is 225 g/mol. The first-order valence-electron chi connectivity index (χ1n) is 6.49. The summed E-state index contributed by atoms with van der Waals surface area (Å²) < 4.78 is 0. The molecule has 1 unspecified atom stereocenters. The van der Waals surface area contributed by atoms with Gasteiger partial charge in [0, 0.05) is 0 Å². The van der Waals surface area contributed by atoms with Gasteiger partial charge in [0.2, 0.25) is 0 Å². The maximum absolute atomic E-state index is 11.7. The second kappa shape index (κ2) is 4.02. The van der Waals surface area contributed by atoms with E-state index in [0.717, 1.165) is 38.8 Å². The van der Waals surface area contributed by atoms with Crippen LogP contribution in [0, 0.1) is 5.41 Å². The Hall–Kier alpha value is -0.570. The number of nitrogens with zero attached hydrogens (tertiary/aromatic N) is 1. The fourth-order valence-corrected chi connectivity index (χ4v) is 2.97. The first-order chi connectivity index (χ1) is 7.51. The molecule has 2 rings (SSSR count). The zero-order chi connectivity index (χ0) is 11.8. The molecule has 16 heavy (non-hydrogen) atoms. The number of hydrogen-bond acceptors (Lipinski definition) is 2. The Bertz CT molecular complexity index is 278. The van der Waals surface area contributed by atoms with Crippen LogP contribution in [0.1, 0.15) is 52.4 Å². The highest BCUT2D eigenvalue weighted by Gasteiger charge is 2.60. The average Bonchev–Trinajstić information content (AvgIpc) is 3.01. The third-order valence-electron chi connectivity index (χ3n) is 4.83. The van der Waals surface area contributed by atoms with Crippen LogP contribution in [0.3, 0.4) is 0 Å². The molecule has 0 spiro atoms. The van der Waals surface area contributed by atoms with Gasteiger partial charge in [-0.2, -0.15) is 0 Å². The van der Waals surface area contributed by atoms with Gasteiger partial charge in [0.1, 0.15) is 5.54 Å². The van der Waals surface area contributed by atoms with E-state index in [2.05, 4.69) is 11.8 Å². The molecule has 0 aromatic heterocycles. The molecular formula is C13H23NO2. The van der Waals surface area contributed by atoms with E-state index in [0.29, 0.717) is 0 Å². The lowest BCUT2D eigenvalue weighted by Gasteiger charge is -2.42. The normalized spacial score (nSPS) is 29.1. The quantitative estimate of drug-likeness (QED) is 0.802. The molecule has 1 saturated heterocycles. The van der Waals surface area contributed by atoms with Crippen LogP contribution < -0.4 is 0 Å². The summed E-state index contributed by atoms with van der Waals surface area (Å²) in [5.74, 6) is -0.630. The molecule has 2 aliphatic rings. The molecule has 0 radical (unpaired) electrons. The van der Waals surface area contributed by atoms with Crippen molar-refractivity contribution in [3.8, 4) is 0 Å². The standard InChI is InChI=1S/C13H23NO2/c1-12(7-8-12)13(2,11(15)16)14-9-5-3-4-6-10-14/h3-10H2,1-2H3,(H,15,16). The summed E-state index contributed by atoms with van der Waals surface area (Å²) in [6.07, 6.45) is 6.93. The van der Waals surface area contributed by atoms with E-state index in [1.165, 1.54) is 12.8 Å². The summed E-state index contributed by atoms with van der Waals surface area (Å²) in [6, 6.07) is 0. The number of aliphatic carboxylic acids is 1. The van der Waals surface area contributed by atoms with E-state index < -0.39 is 11.5 Å². The third-order valence-corrected chi connectivity index (χ3v) is 4.83. The molecule has 3 nitrogen and oxygen atoms in total. The Morgan fingerprint density at radius 1 is 1.19 bits per heavy atom. The first kappa shape index (κ1) is 11.9. The molecule has 92 valence electrons. The molecule has 1 atom stereocenters. The molecular weight excluding hydrogens is 202 g/mol. The molecule has 0 bridgehead atoms. The molecule has 1 aliphatic heterocycles. The summed E-state index contributed by atoms with van der Waals surface area (Å²) in [5, 5.41) is 9.61. The molecule has 0 aromatic rings. The lowest BCUT2D eigenvalue weighted by molar-refractivity contribution is -0.155. The summed E-state index contributed by atoms with van der Waals surface area (Å²) in [7, 11) is 0. The molecule has 3 heteroatoms. The van der Waals surface area contributed by atoms with Gasteiger partial charge in [-0.05, 0) is 51.1 Å². The Labute approximate surface area is 97.8 Å². The highest BCUT2D eigenvalue weighted by atomic mass is 16.4. The SMILES string of the molecule is CC1(C(C)(C(=O)O)N2CCCCCC2)CC1. The van der Waals surface area contributed by atoms with Gasteiger partial charge >= 0.3 is 5.97 Å². The van der Waals surface area contributed by atoms with Crippen LogP contribution in [0.25, 0.3) is 0 Å². The molecule has 0 amide bonds. The van der Waals surface area contributed by atoms with E-state index in [4.69, 9.17) is 0 Å². The predicted molar refractivity (Wildman–Crippen MR) is 63.4 cm³/mol. The van der Waals surface area contributed by atoms with Crippen molar-refractivity contribution in [2.75, 3.05) is 13.1 Å². The lowest BCUT2D eigenvalue weighted by atomic mass is 9.82. The van der Waals surface area contributed by atoms with Crippen molar-refractivity contribution >= 4 is 5.97 Å². The molecule has 2 fully saturated rings. The number of rotatable bonds is 3. The van der Waals surface area contributed by atoms with E-state index in [9.17, 15) is 9.90 Å². The maximum atomic E-state index is 11.7. The van der Waals surface area contributed by atoms with Crippen LogP contribution in [0.5, 0.6) is 0 Å². The van der Waals surface area contributed by atoms with Gasteiger partial charge in [-0.15, -0.1) is 0 Å². The number of carboxylic acids is 1. The fourth-order valence-electron chi connectivity index (χ4n) is 2.97. The van der Waals surface area contributed by atoms with Gasteiger partial charge in [-0.3, -0.25) is 9.69 Å². The van der Waals surface area contributed by atoms with Gasteiger partial charge in [0.25, 0.3) is 0 Å². The van der Waals surface area contributed by atoms with Crippen molar-refractivity contribution in [3.63, 3.8) is 0 Å². The number of likely N-dealkylation sites (tertiary alicyclic amines) is 1. The third kappa shape index (κ3) is 1.75. The van der Waals surface area contributed by atoms with Crippen LogP contribution in [0.15, 0.2) is 0 Å². The van der Waals surface area contributed by atoms with E-state index in [1.807, 2.05) is 6.92 Å². The monoisotopic (exact) mass is 225 g/mol. The van der Waals surface area contributed by atoms with E-state index in [-0.39, 0.29) is 5.41 Å². The van der Waals surface area contributed by atoms with Crippen molar-refractivity contribution in [2.24, 2.45) is 5.41 Å². The minimum absolute atomic E-state index is 0.00315. The first-order valence-corrected chi connectivity index (χ1v) is 6.49. The largest absolute Gasteiger partial charge is 0.480 e.